The Hall–Kier alpha value is -0.970. The van der Waals surface area contributed by atoms with Gasteiger partial charge in [0, 0.05) is 19.3 Å². The van der Waals surface area contributed by atoms with Gasteiger partial charge in [-0.15, -0.1) is 11.8 Å². The van der Waals surface area contributed by atoms with Crippen molar-refractivity contribution in [2.45, 2.75) is 13.0 Å². The fraction of sp³-hybridized carbons (Fsp3) is 0.600. The molecule has 0 aromatic rings. The van der Waals surface area contributed by atoms with Crippen LogP contribution in [0.15, 0.2) is 12.7 Å². The molecule has 84 valence electrons. The Labute approximate surface area is 94.3 Å². The van der Waals surface area contributed by atoms with Gasteiger partial charge < -0.3 is 9.80 Å². The highest BCUT2D eigenvalue weighted by Gasteiger charge is 2.34. The summed E-state index contributed by atoms with van der Waals surface area (Å²) in [6.07, 6.45) is 1.26. The molecule has 4 nitrogen and oxygen atoms in total. The molecule has 1 aliphatic rings. The van der Waals surface area contributed by atoms with E-state index in [0.29, 0.717) is 18.2 Å². The van der Waals surface area contributed by atoms with E-state index in [-0.39, 0.29) is 17.9 Å². The quantitative estimate of drug-likeness (QED) is 0.662. The molecule has 0 bridgehead atoms. The Morgan fingerprint density at radius 3 is 2.87 bits per heavy atom. The van der Waals surface area contributed by atoms with Crippen LogP contribution in [0.2, 0.25) is 0 Å². The molecule has 1 aliphatic heterocycles. The molecule has 1 heterocycles. The van der Waals surface area contributed by atoms with Crippen molar-refractivity contribution in [3.8, 4) is 0 Å². The van der Waals surface area contributed by atoms with Crippen LogP contribution in [0.25, 0.3) is 0 Å². The van der Waals surface area contributed by atoms with Crippen molar-refractivity contribution in [1.82, 2.24) is 9.80 Å². The molecule has 0 spiro atoms. The molecule has 1 unspecified atom stereocenters. The lowest BCUT2D eigenvalue weighted by Crippen LogP contribution is -2.47. The molecule has 2 amide bonds. The van der Waals surface area contributed by atoms with E-state index < -0.39 is 0 Å². The van der Waals surface area contributed by atoms with Crippen molar-refractivity contribution in [3.63, 3.8) is 0 Å². The van der Waals surface area contributed by atoms with Crippen molar-refractivity contribution in [2.75, 3.05) is 25.2 Å². The van der Waals surface area contributed by atoms with Gasteiger partial charge in [-0.3, -0.25) is 9.59 Å². The second-order valence-corrected chi connectivity index (χ2v) is 4.38. The van der Waals surface area contributed by atoms with E-state index in [1.807, 2.05) is 6.92 Å². The molecule has 0 saturated carbocycles. The maximum absolute atomic E-state index is 11.9. The third kappa shape index (κ3) is 2.53. The zero-order chi connectivity index (χ0) is 11.4. The van der Waals surface area contributed by atoms with Crippen LogP contribution < -0.4 is 0 Å². The van der Waals surface area contributed by atoms with E-state index in [1.165, 1.54) is 6.08 Å². The Bertz CT molecular complexity index is 281. The number of hydrogen-bond acceptors (Lipinski definition) is 3. The highest BCUT2D eigenvalue weighted by atomic mass is 32.2. The summed E-state index contributed by atoms with van der Waals surface area (Å²) in [5.41, 5.74) is 0. The first-order valence-electron chi connectivity index (χ1n) is 4.87. The van der Waals surface area contributed by atoms with Gasteiger partial charge in [0.15, 0.2) is 0 Å². The van der Waals surface area contributed by atoms with E-state index in [4.69, 9.17) is 0 Å². The number of carbonyl (C=O) groups excluding carboxylic acids is 2. The highest BCUT2D eigenvalue weighted by Crippen LogP contribution is 2.22. The van der Waals surface area contributed by atoms with E-state index in [1.54, 1.807) is 28.6 Å². The number of amides is 2. The fourth-order valence-electron chi connectivity index (χ4n) is 1.39. The maximum atomic E-state index is 11.9. The minimum absolute atomic E-state index is 0.0118. The number of carbonyl (C=O) groups is 2. The van der Waals surface area contributed by atoms with Crippen molar-refractivity contribution in [1.29, 1.82) is 0 Å². The summed E-state index contributed by atoms with van der Waals surface area (Å²) in [7, 11) is 1.75. The van der Waals surface area contributed by atoms with Crippen LogP contribution in [0.4, 0.5) is 0 Å². The lowest BCUT2D eigenvalue weighted by Gasteiger charge is -2.25. The number of likely N-dealkylation sites (N-methyl/N-ethyl adjacent to an activating group) is 1. The van der Waals surface area contributed by atoms with Gasteiger partial charge >= 0.3 is 0 Å². The Kier molecular flexibility index (Phi) is 4.20. The minimum atomic E-state index is -0.314. The lowest BCUT2D eigenvalue weighted by atomic mass is 10.2. The van der Waals surface area contributed by atoms with Crippen molar-refractivity contribution in [2.24, 2.45) is 0 Å². The molecular weight excluding hydrogens is 212 g/mol. The lowest BCUT2D eigenvalue weighted by molar-refractivity contribution is -0.140. The van der Waals surface area contributed by atoms with Gasteiger partial charge in [-0.25, -0.2) is 0 Å². The van der Waals surface area contributed by atoms with E-state index in [2.05, 4.69) is 6.58 Å². The number of hydrogen-bond donors (Lipinski definition) is 0. The molecule has 1 rings (SSSR count). The van der Waals surface area contributed by atoms with Crippen molar-refractivity contribution in [3.05, 3.63) is 12.7 Å². The van der Waals surface area contributed by atoms with E-state index in [0.717, 1.165) is 0 Å². The summed E-state index contributed by atoms with van der Waals surface area (Å²) in [6.45, 7) is 6.02. The topological polar surface area (TPSA) is 40.6 Å². The molecule has 15 heavy (non-hydrogen) atoms. The second-order valence-electron chi connectivity index (χ2n) is 3.38. The Morgan fingerprint density at radius 1 is 1.67 bits per heavy atom. The van der Waals surface area contributed by atoms with Crippen molar-refractivity contribution >= 4 is 23.6 Å². The van der Waals surface area contributed by atoms with Crippen LogP contribution in [0.3, 0.4) is 0 Å². The van der Waals surface area contributed by atoms with Crippen LogP contribution >= 0.6 is 11.8 Å². The second kappa shape index (κ2) is 5.21. The molecule has 0 aromatic carbocycles. The maximum Gasteiger partial charge on any atom is 0.247 e. The van der Waals surface area contributed by atoms with Gasteiger partial charge in [-0.2, -0.15) is 0 Å². The van der Waals surface area contributed by atoms with Crippen LogP contribution in [-0.2, 0) is 9.59 Å². The van der Waals surface area contributed by atoms with Crippen LogP contribution in [-0.4, -0.2) is 52.9 Å². The first kappa shape index (κ1) is 12.1. The monoisotopic (exact) mass is 228 g/mol. The van der Waals surface area contributed by atoms with Crippen LogP contribution in [0.5, 0.6) is 0 Å². The molecule has 1 atom stereocenters. The van der Waals surface area contributed by atoms with Crippen LogP contribution in [0, 0.1) is 0 Å². The summed E-state index contributed by atoms with van der Waals surface area (Å²) in [5, 5.41) is 0. The first-order chi connectivity index (χ1) is 7.11. The Morgan fingerprint density at radius 2 is 2.33 bits per heavy atom. The SMILES string of the molecule is C=CC(=O)N1CSCC1C(=O)N(C)CC. The summed E-state index contributed by atoms with van der Waals surface area (Å²) >= 11 is 1.60. The standard InChI is InChI=1S/C10H16N2O2S/c1-4-9(13)12-7-15-6-8(12)10(14)11(3)5-2/h4,8H,1,5-7H2,2-3H3. The third-order valence-corrected chi connectivity index (χ3v) is 3.49. The first-order valence-corrected chi connectivity index (χ1v) is 6.03. The zero-order valence-corrected chi connectivity index (χ0v) is 9.92. The zero-order valence-electron chi connectivity index (χ0n) is 9.10. The summed E-state index contributed by atoms with van der Waals surface area (Å²) in [4.78, 5) is 26.6. The summed E-state index contributed by atoms with van der Waals surface area (Å²) in [6, 6.07) is -0.314. The van der Waals surface area contributed by atoms with E-state index in [9.17, 15) is 9.59 Å². The van der Waals surface area contributed by atoms with Gasteiger partial charge in [0.2, 0.25) is 11.8 Å². The summed E-state index contributed by atoms with van der Waals surface area (Å²) < 4.78 is 0. The van der Waals surface area contributed by atoms with Gasteiger partial charge in [-0.05, 0) is 13.0 Å². The average molecular weight is 228 g/mol. The third-order valence-electron chi connectivity index (χ3n) is 2.48. The van der Waals surface area contributed by atoms with Gasteiger partial charge in [0.05, 0.1) is 5.88 Å². The number of nitrogens with zero attached hydrogens (tertiary/aromatic N) is 2. The molecule has 0 aromatic heterocycles. The Balaban J connectivity index is 2.72. The average Bonchev–Trinajstić information content (AvgIpc) is 2.74. The predicted molar refractivity (Wildman–Crippen MR) is 61.5 cm³/mol. The molecule has 0 aliphatic carbocycles. The fourth-order valence-corrected chi connectivity index (χ4v) is 2.55. The van der Waals surface area contributed by atoms with Gasteiger partial charge in [0.1, 0.15) is 6.04 Å². The normalized spacial score (nSPS) is 20.1. The van der Waals surface area contributed by atoms with Gasteiger partial charge in [-0.1, -0.05) is 6.58 Å². The van der Waals surface area contributed by atoms with Gasteiger partial charge in [0.25, 0.3) is 0 Å². The van der Waals surface area contributed by atoms with Crippen LogP contribution in [0.1, 0.15) is 6.92 Å². The largest absolute Gasteiger partial charge is 0.344 e. The molecular formula is C10H16N2O2S. The van der Waals surface area contributed by atoms with Crippen molar-refractivity contribution < 1.29 is 9.59 Å². The molecule has 5 heteroatoms. The minimum Gasteiger partial charge on any atom is -0.344 e. The number of rotatable bonds is 3. The predicted octanol–water partition coefficient (Wildman–Crippen LogP) is 0.552. The number of thioether (sulfide) groups is 1. The van der Waals surface area contributed by atoms with E-state index >= 15 is 0 Å². The highest BCUT2D eigenvalue weighted by molar-refractivity contribution is 7.99. The smallest absolute Gasteiger partial charge is 0.247 e. The molecule has 0 N–H and O–H groups in total. The summed E-state index contributed by atoms with van der Waals surface area (Å²) in [5.74, 6) is 1.11. The molecule has 1 fully saturated rings. The molecule has 1 saturated heterocycles. The molecule has 0 radical (unpaired) electrons.